The molecule has 0 saturated heterocycles. The van der Waals surface area contributed by atoms with Crippen molar-refractivity contribution in [3.8, 4) is 11.3 Å². The van der Waals surface area contributed by atoms with Crippen LogP contribution in [0.5, 0.6) is 0 Å². The minimum Gasteiger partial charge on any atom is -0.449 e. The van der Waals surface area contributed by atoms with Gasteiger partial charge in [0.1, 0.15) is 0 Å². The van der Waals surface area contributed by atoms with E-state index in [1.807, 2.05) is 12.1 Å². The van der Waals surface area contributed by atoms with E-state index in [4.69, 9.17) is 26.5 Å². The van der Waals surface area contributed by atoms with E-state index in [0.29, 0.717) is 38.4 Å². The number of amides is 1. The van der Waals surface area contributed by atoms with Crippen molar-refractivity contribution in [3.05, 3.63) is 88.9 Å². The zero-order valence-corrected chi connectivity index (χ0v) is 20.9. The van der Waals surface area contributed by atoms with Gasteiger partial charge < -0.3 is 10.1 Å². The summed E-state index contributed by atoms with van der Waals surface area (Å²) < 4.78 is 28.3. The Kier molecular flexibility index (Phi) is 7.07. The maximum Gasteiger partial charge on any atom is 0.339 e. The van der Waals surface area contributed by atoms with Gasteiger partial charge in [-0.05, 0) is 61.9 Å². The average molecular weight is 524 g/mol. The first-order valence-electron chi connectivity index (χ1n) is 10.8. The molecule has 0 fully saturated rings. The quantitative estimate of drug-likeness (QED) is 0.353. The standard InChI is InChI=1S/C26H22ClN3O5S/c1-15-23(21-8-3-4-9-22(21)30-24(15)17-6-5-7-18(27)14-17)26(32)35-16(2)25(31)29-19-10-12-20(13-11-19)36(28,33)34/h3-14,16H,1-2H3,(H,29,31)(H2,28,33,34)/t16-/m0/s1. The fourth-order valence-electron chi connectivity index (χ4n) is 3.73. The molecule has 36 heavy (non-hydrogen) atoms. The number of aromatic nitrogens is 1. The lowest BCUT2D eigenvalue weighted by Crippen LogP contribution is -2.30. The molecule has 1 aromatic heterocycles. The van der Waals surface area contributed by atoms with Crippen molar-refractivity contribution in [2.75, 3.05) is 5.32 Å². The molecule has 3 N–H and O–H groups in total. The Morgan fingerprint density at radius 3 is 2.39 bits per heavy atom. The topological polar surface area (TPSA) is 128 Å². The maximum absolute atomic E-state index is 13.3. The van der Waals surface area contributed by atoms with Crippen LogP contribution in [0.1, 0.15) is 22.8 Å². The monoisotopic (exact) mass is 523 g/mol. The number of halogens is 1. The Morgan fingerprint density at radius 2 is 1.72 bits per heavy atom. The molecule has 1 atom stereocenters. The molecule has 0 unspecified atom stereocenters. The second-order valence-corrected chi connectivity index (χ2v) is 10.1. The number of carbonyl (C=O) groups is 2. The van der Waals surface area contributed by atoms with E-state index in [1.165, 1.54) is 31.2 Å². The molecule has 0 aliphatic rings. The molecule has 0 spiro atoms. The Bertz CT molecular complexity index is 1590. The first kappa shape index (κ1) is 25.3. The van der Waals surface area contributed by atoms with Crippen LogP contribution in [0.4, 0.5) is 5.69 Å². The highest BCUT2D eigenvalue weighted by Gasteiger charge is 2.24. The first-order chi connectivity index (χ1) is 17.0. The van der Waals surface area contributed by atoms with Crippen LogP contribution >= 0.6 is 11.6 Å². The fraction of sp³-hybridized carbons (Fsp3) is 0.115. The van der Waals surface area contributed by atoms with Crippen molar-refractivity contribution < 1.29 is 22.7 Å². The molecule has 0 radical (unpaired) electrons. The third kappa shape index (κ3) is 5.38. The van der Waals surface area contributed by atoms with Crippen molar-refractivity contribution in [1.82, 2.24) is 4.98 Å². The predicted molar refractivity (Wildman–Crippen MR) is 138 cm³/mol. The van der Waals surface area contributed by atoms with Gasteiger partial charge in [0.15, 0.2) is 6.10 Å². The molecule has 3 aromatic carbocycles. The van der Waals surface area contributed by atoms with E-state index in [0.717, 1.165) is 5.56 Å². The lowest BCUT2D eigenvalue weighted by Gasteiger charge is -2.17. The lowest BCUT2D eigenvalue weighted by molar-refractivity contribution is -0.123. The van der Waals surface area contributed by atoms with Gasteiger partial charge in [-0.15, -0.1) is 0 Å². The van der Waals surface area contributed by atoms with Crippen LogP contribution in [0.3, 0.4) is 0 Å². The smallest absolute Gasteiger partial charge is 0.339 e. The molecule has 4 aromatic rings. The van der Waals surface area contributed by atoms with Gasteiger partial charge in [0.2, 0.25) is 10.0 Å². The fourth-order valence-corrected chi connectivity index (χ4v) is 4.44. The van der Waals surface area contributed by atoms with Gasteiger partial charge in [-0.3, -0.25) is 4.79 Å². The number of benzene rings is 3. The van der Waals surface area contributed by atoms with Crippen LogP contribution in [-0.4, -0.2) is 31.4 Å². The molecule has 4 rings (SSSR count). The average Bonchev–Trinajstić information content (AvgIpc) is 2.83. The van der Waals surface area contributed by atoms with E-state index < -0.39 is 28.0 Å². The number of nitrogens with one attached hydrogen (secondary N) is 1. The summed E-state index contributed by atoms with van der Waals surface area (Å²) in [4.78, 5) is 30.6. The summed E-state index contributed by atoms with van der Waals surface area (Å²) in [5, 5.41) is 8.81. The highest BCUT2D eigenvalue weighted by atomic mass is 35.5. The zero-order chi connectivity index (χ0) is 26.0. The molecule has 10 heteroatoms. The number of nitrogens with two attached hydrogens (primary N) is 1. The van der Waals surface area contributed by atoms with E-state index in [9.17, 15) is 18.0 Å². The summed E-state index contributed by atoms with van der Waals surface area (Å²) in [5.41, 5.74) is 3.13. The highest BCUT2D eigenvalue weighted by Crippen LogP contribution is 2.31. The molecule has 0 aliphatic heterocycles. The zero-order valence-electron chi connectivity index (χ0n) is 19.4. The Balaban J connectivity index is 1.61. The van der Waals surface area contributed by atoms with Gasteiger partial charge >= 0.3 is 5.97 Å². The molecular weight excluding hydrogens is 502 g/mol. The third-order valence-corrected chi connectivity index (χ3v) is 6.71. The summed E-state index contributed by atoms with van der Waals surface area (Å²) in [6.07, 6.45) is -1.14. The van der Waals surface area contributed by atoms with Gasteiger partial charge in [-0.25, -0.2) is 23.3 Å². The van der Waals surface area contributed by atoms with Crippen LogP contribution in [-0.2, 0) is 19.6 Å². The second-order valence-electron chi connectivity index (χ2n) is 8.09. The van der Waals surface area contributed by atoms with Crippen molar-refractivity contribution >= 4 is 50.1 Å². The molecule has 0 saturated carbocycles. The van der Waals surface area contributed by atoms with Gasteiger partial charge in [0, 0.05) is 21.7 Å². The van der Waals surface area contributed by atoms with Crippen LogP contribution < -0.4 is 10.5 Å². The summed E-state index contributed by atoms with van der Waals surface area (Å²) >= 11 is 6.17. The number of esters is 1. The molecule has 1 amide bonds. The number of pyridine rings is 1. The van der Waals surface area contributed by atoms with Gasteiger partial charge in [-0.1, -0.05) is 41.9 Å². The molecule has 0 bridgehead atoms. The summed E-state index contributed by atoms with van der Waals surface area (Å²) in [6.45, 7) is 3.21. The molecular formula is C26H22ClN3O5S. The van der Waals surface area contributed by atoms with Crippen LogP contribution in [0.2, 0.25) is 5.02 Å². The van der Waals surface area contributed by atoms with Crippen LogP contribution in [0, 0.1) is 6.92 Å². The van der Waals surface area contributed by atoms with Gasteiger partial charge in [0.25, 0.3) is 5.91 Å². The number of anilines is 1. The third-order valence-electron chi connectivity index (χ3n) is 5.54. The second kappa shape index (κ2) is 10.1. The predicted octanol–water partition coefficient (Wildman–Crippen LogP) is 4.70. The van der Waals surface area contributed by atoms with Gasteiger partial charge in [-0.2, -0.15) is 0 Å². The van der Waals surface area contributed by atoms with Crippen LogP contribution in [0.15, 0.2) is 77.7 Å². The van der Waals surface area contributed by atoms with E-state index in [-0.39, 0.29) is 4.90 Å². The Labute approximate surface area is 213 Å². The summed E-state index contributed by atoms with van der Waals surface area (Å²) in [5.74, 6) is -1.26. The number of rotatable bonds is 6. The normalized spacial score (nSPS) is 12.2. The highest BCUT2D eigenvalue weighted by molar-refractivity contribution is 7.89. The molecule has 8 nitrogen and oxygen atoms in total. The van der Waals surface area contributed by atoms with Crippen molar-refractivity contribution in [2.45, 2.75) is 24.8 Å². The largest absolute Gasteiger partial charge is 0.449 e. The maximum atomic E-state index is 13.3. The SMILES string of the molecule is Cc1c(-c2cccc(Cl)c2)nc2ccccc2c1C(=O)O[C@@H](C)C(=O)Nc1ccc(S(N)(=O)=O)cc1. The Morgan fingerprint density at radius 1 is 1.03 bits per heavy atom. The number of carbonyl (C=O) groups excluding carboxylic acids is 2. The number of hydrogen-bond acceptors (Lipinski definition) is 6. The van der Waals surface area contributed by atoms with E-state index in [1.54, 1.807) is 43.3 Å². The molecule has 184 valence electrons. The number of sulfonamides is 1. The minimum absolute atomic E-state index is 0.0875. The molecule has 0 aliphatic carbocycles. The van der Waals surface area contributed by atoms with Crippen molar-refractivity contribution in [1.29, 1.82) is 0 Å². The van der Waals surface area contributed by atoms with Crippen molar-refractivity contribution in [2.24, 2.45) is 5.14 Å². The van der Waals surface area contributed by atoms with Gasteiger partial charge in [0.05, 0.1) is 21.7 Å². The minimum atomic E-state index is -3.85. The first-order valence-corrected chi connectivity index (χ1v) is 12.8. The van der Waals surface area contributed by atoms with Crippen molar-refractivity contribution in [3.63, 3.8) is 0 Å². The number of ether oxygens (including phenoxy) is 1. The number of primary sulfonamides is 1. The van der Waals surface area contributed by atoms with E-state index >= 15 is 0 Å². The number of nitrogens with zero attached hydrogens (tertiary/aromatic N) is 1. The summed E-state index contributed by atoms with van der Waals surface area (Å²) in [6, 6.07) is 19.7. The number of fused-ring (bicyclic) bond motifs is 1. The number of para-hydroxylation sites is 1. The van der Waals surface area contributed by atoms with Crippen LogP contribution in [0.25, 0.3) is 22.2 Å². The Hall–Kier alpha value is -3.79. The molecule has 1 heterocycles. The van der Waals surface area contributed by atoms with E-state index in [2.05, 4.69) is 5.32 Å². The number of hydrogen-bond donors (Lipinski definition) is 2. The lowest BCUT2D eigenvalue weighted by atomic mass is 9.98. The summed E-state index contributed by atoms with van der Waals surface area (Å²) in [7, 11) is -3.85.